The lowest BCUT2D eigenvalue weighted by molar-refractivity contribution is -0.384. The minimum Gasteiger partial charge on any atom is -0.378 e. The third-order valence-corrected chi connectivity index (χ3v) is 8.14. The third kappa shape index (κ3) is 5.97. The minimum absolute atomic E-state index is 0.0102. The first kappa shape index (κ1) is 31.2. The Bertz CT molecular complexity index is 1850. The summed E-state index contributed by atoms with van der Waals surface area (Å²) in [6.07, 6.45) is 0. The highest BCUT2D eigenvalue weighted by atomic mass is 35.5. The number of hydrogen-bond acceptors (Lipinski definition) is 6. The molecular weight excluding hydrogens is 658 g/mol. The summed E-state index contributed by atoms with van der Waals surface area (Å²) >= 11 is 23.9. The van der Waals surface area contributed by atoms with E-state index >= 15 is 0 Å². The average Bonchev–Trinajstić information content (AvgIpc) is 3.20. The van der Waals surface area contributed by atoms with Gasteiger partial charge in [0, 0.05) is 28.3 Å². The molecule has 4 aromatic rings. The summed E-state index contributed by atoms with van der Waals surface area (Å²) in [4.78, 5) is 35.2. The predicted octanol–water partition coefficient (Wildman–Crippen LogP) is 5.49. The summed E-state index contributed by atoms with van der Waals surface area (Å²) in [5.74, 6) is -1.41. The SMILES string of the molecule is O=c1c(-c2cc([N+](=O)[O-])c(Cl)cc2F)c(Cl)n2n1CCOCC2.O=c1c(-c2ccc(Cl)cc2F)c(Cl)n2n1CCOCC2. The largest absolute Gasteiger partial charge is 0.378 e. The summed E-state index contributed by atoms with van der Waals surface area (Å²) in [5.41, 5.74) is -1.37. The van der Waals surface area contributed by atoms with Crippen LogP contribution in [0.4, 0.5) is 14.5 Å². The van der Waals surface area contributed by atoms with E-state index in [2.05, 4.69) is 0 Å². The van der Waals surface area contributed by atoms with Gasteiger partial charge in [-0.25, -0.2) is 18.1 Å². The van der Waals surface area contributed by atoms with Crippen LogP contribution in [0.15, 0.2) is 39.9 Å². The molecule has 0 atom stereocenters. The van der Waals surface area contributed by atoms with E-state index in [9.17, 15) is 28.5 Å². The second kappa shape index (κ2) is 12.8. The van der Waals surface area contributed by atoms with Crippen LogP contribution in [0.5, 0.6) is 0 Å². The van der Waals surface area contributed by atoms with Crippen molar-refractivity contribution in [3.05, 3.63) is 93.1 Å². The molecule has 2 aliphatic heterocycles. The molecule has 228 valence electrons. The fourth-order valence-electron chi connectivity index (χ4n) is 4.83. The molecule has 0 unspecified atom stereocenters. The van der Waals surface area contributed by atoms with Gasteiger partial charge in [0.1, 0.15) is 27.0 Å². The molecular formula is C26H21Cl4F2N5O6. The molecule has 0 bridgehead atoms. The fraction of sp³-hybridized carbons (Fsp3) is 0.308. The van der Waals surface area contributed by atoms with Gasteiger partial charge >= 0.3 is 0 Å². The molecule has 0 radical (unpaired) electrons. The molecule has 43 heavy (non-hydrogen) atoms. The van der Waals surface area contributed by atoms with Gasteiger partial charge < -0.3 is 9.47 Å². The monoisotopic (exact) mass is 677 g/mol. The lowest BCUT2D eigenvalue weighted by Crippen LogP contribution is -2.23. The van der Waals surface area contributed by atoms with Crippen molar-refractivity contribution in [3.8, 4) is 22.3 Å². The topological polar surface area (TPSA) is 115 Å². The van der Waals surface area contributed by atoms with Crippen LogP contribution in [0.25, 0.3) is 22.3 Å². The van der Waals surface area contributed by atoms with E-state index < -0.39 is 27.8 Å². The van der Waals surface area contributed by atoms with E-state index in [1.807, 2.05) is 0 Å². The van der Waals surface area contributed by atoms with Gasteiger partial charge in [0.2, 0.25) is 0 Å². The first-order chi connectivity index (χ1) is 20.5. The van der Waals surface area contributed by atoms with E-state index in [1.54, 1.807) is 4.68 Å². The van der Waals surface area contributed by atoms with Crippen LogP contribution >= 0.6 is 46.4 Å². The Balaban J connectivity index is 0.000000173. The van der Waals surface area contributed by atoms with E-state index in [0.717, 1.165) is 12.1 Å². The van der Waals surface area contributed by atoms with E-state index in [-0.39, 0.29) is 54.7 Å². The maximum Gasteiger partial charge on any atom is 0.288 e. The zero-order valence-electron chi connectivity index (χ0n) is 22.0. The first-order valence-electron chi connectivity index (χ1n) is 12.7. The lowest BCUT2D eigenvalue weighted by atomic mass is 10.1. The zero-order chi connectivity index (χ0) is 31.0. The van der Waals surface area contributed by atoms with Crippen LogP contribution in [0, 0.1) is 21.7 Å². The van der Waals surface area contributed by atoms with Gasteiger partial charge in [-0.3, -0.25) is 29.1 Å². The molecule has 2 aromatic carbocycles. The molecule has 0 aliphatic carbocycles. The molecule has 0 fully saturated rings. The molecule has 17 heteroatoms. The Labute approximate surface area is 261 Å². The fourth-order valence-corrected chi connectivity index (χ4v) is 5.92. The summed E-state index contributed by atoms with van der Waals surface area (Å²) in [6.45, 7) is 3.02. The maximum atomic E-state index is 14.2. The smallest absolute Gasteiger partial charge is 0.288 e. The molecule has 0 N–H and O–H groups in total. The Morgan fingerprint density at radius 2 is 1.16 bits per heavy atom. The Hall–Kier alpha value is -3.20. The summed E-state index contributed by atoms with van der Waals surface area (Å²) in [5, 5.41) is 11.2. The van der Waals surface area contributed by atoms with Crippen molar-refractivity contribution in [1.82, 2.24) is 18.7 Å². The van der Waals surface area contributed by atoms with Crippen molar-refractivity contribution in [1.29, 1.82) is 0 Å². The molecule has 2 aliphatic rings. The van der Waals surface area contributed by atoms with Crippen molar-refractivity contribution in [3.63, 3.8) is 0 Å². The number of nitro groups is 1. The van der Waals surface area contributed by atoms with Gasteiger partial charge in [0.15, 0.2) is 0 Å². The van der Waals surface area contributed by atoms with Crippen molar-refractivity contribution in [2.24, 2.45) is 0 Å². The maximum absolute atomic E-state index is 14.2. The molecule has 0 spiro atoms. The number of benzene rings is 2. The van der Waals surface area contributed by atoms with Gasteiger partial charge in [-0.2, -0.15) is 0 Å². The Kier molecular flexibility index (Phi) is 9.30. The van der Waals surface area contributed by atoms with Crippen LogP contribution in [-0.4, -0.2) is 50.1 Å². The number of rotatable bonds is 3. The van der Waals surface area contributed by atoms with Gasteiger partial charge in [-0.05, 0) is 18.2 Å². The minimum atomic E-state index is -0.850. The molecule has 4 heterocycles. The van der Waals surface area contributed by atoms with Gasteiger partial charge in [-0.15, -0.1) is 0 Å². The predicted molar refractivity (Wildman–Crippen MR) is 157 cm³/mol. The number of nitro benzene ring substituents is 1. The summed E-state index contributed by atoms with van der Waals surface area (Å²) in [6, 6.07) is 5.91. The Morgan fingerprint density at radius 3 is 1.65 bits per heavy atom. The second-order valence-electron chi connectivity index (χ2n) is 9.32. The second-order valence-corrected chi connectivity index (χ2v) is 10.9. The highest BCUT2D eigenvalue weighted by Crippen LogP contribution is 2.35. The highest BCUT2D eigenvalue weighted by Gasteiger charge is 2.27. The van der Waals surface area contributed by atoms with Crippen molar-refractivity contribution >= 4 is 52.1 Å². The quantitative estimate of drug-likeness (QED) is 0.209. The highest BCUT2D eigenvalue weighted by molar-refractivity contribution is 6.34. The van der Waals surface area contributed by atoms with E-state index in [4.69, 9.17) is 55.9 Å². The van der Waals surface area contributed by atoms with Crippen LogP contribution < -0.4 is 11.1 Å². The Morgan fingerprint density at radius 1 is 0.698 bits per heavy atom. The lowest BCUT2D eigenvalue weighted by Gasteiger charge is -2.06. The number of ether oxygens (including phenoxy) is 2. The summed E-state index contributed by atoms with van der Waals surface area (Å²) in [7, 11) is 0. The number of nitrogens with zero attached hydrogens (tertiary/aromatic N) is 5. The van der Waals surface area contributed by atoms with Crippen LogP contribution in [0.3, 0.4) is 0 Å². The number of hydrogen-bond donors (Lipinski definition) is 0. The van der Waals surface area contributed by atoms with Crippen molar-refractivity contribution < 1.29 is 23.2 Å². The summed E-state index contributed by atoms with van der Waals surface area (Å²) < 4.78 is 44.7. The van der Waals surface area contributed by atoms with Gasteiger partial charge in [-0.1, -0.05) is 46.4 Å². The number of aromatic nitrogens is 4. The average molecular weight is 679 g/mol. The normalized spacial score (nSPS) is 14.7. The zero-order valence-corrected chi connectivity index (χ0v) is 25.0. The standard InChI is InChI=1S/C13H10Cl2FN3O4.C13H11Cl2FN2O2/c14-8-6-9(16)7(5-10(8)19(21)22)11-12(15)17-1-3-23-4-2-18(17)13(11)20;14-8-1-2-9(10(16)7-8)11-12(15)17-3-5-20-6-4-18(17)13(11)19/h5-6H,1-4H2;1-2,7H,3-6H2. The molecule has 0 saturated carbocycles. The van der Waals surface area contributed by atoms with Crippen LogP contribution in [-0.2, 0) is 35.7 Å². The van der Waals surface area contributed by atoms with E-state index in [1.165, 1.54) is 32.2 Å². The first-order valence-corrected chi connectivity index (χ1v) is 14.2. The molecule has 11 nitrogen and oxygen atoms in total. The van der Waals surface area contributed by atoms with Crippen molar-refractivity contribution in [2.75, 3.05) is 26.4 Å². The van der Waals surface area contributed by atoms with Gasteiger partial charge in [0.25, 0.3) is 16.8 Å². The van der Waals surface area contributed by atoms with Gasteiger partial charge in [0.05, 0.1) is 68.7 Å². The number of halogens is 6. The molecule has 0 saturated heterocycles. The molecule has 6 rings (SSSR count). The van der Waals surface area contributed by atoms with Crippen molar-refractivity contribution in [2.45, 2.75) is 26.2 Å². The van der Waals surface area contributed by atoms with Crippen LogP contribution in [0.2, 0.25) is 20.4 Å². The molecule has 0 amide bonds. The number of fused-ring (bicyclic) bond motifs is 2. The molecule has 2 aromatic heterocycles. The van der Waals surface area contributed by atoms with E-state index in [0.29, 0.717) is 46.1 Å². The third-order valence-electron chi connectivity index (χ3n) is 6.84. The van der Waals surface area contributed by atoms with Crippen LogP contribution in [0.1, 0.15) is 0 Å².